The topological polar surface area (TPSA) is 600 Å². The molecule has 0 aliphatic carbocycles. The first-order valence-electron chi connectivity index (χ1n) is 39.2. The van der Waals surface area contributed by atoms with Crippen molar-refractivity contribution in [2.75, 3.05) is 46.0 Å². The zero-order chi connectivity index (χ0) is 95.1. The molecule has 4 aromatic rings. The molecule has 38 heteroatoms. The number of carboxylic acids is 4. The molecule has 4 aromatic carbocycles. The van der Waals surface area contributed by atoms with Crippen LogP contribution < -0.4 is 19.5 Å². The van der Waals surface area contributed by atoms with Crippen molar-refractivity contribution in [1.82, 2.24) is 0 Å². The normalized spacial score (nSPS) is 24.9. The minimum Gasteiger partial charge on any atom is -0.479 e. The quantitative estimate of drug-likeness (QED) is 0.0327. The zero-order valence-electron chi connectivity index (χ0n) is 72.9. The molecule has 4 aliphatic heterocycles. The van der Waals surface area contributed by atoms with Crippen molar-refractivity contribution in [1.29, 1.82) is 0 Å². The highest BCUT2D eigenvalue weighted by atomic mass is 16.7. The smallest absolute Gasteiger partial charge is 0.414 e. The molecule has 38 nitrogen and oxygen atoms in total. The largest absolute Gasteiger partial charge is 0.479 e. The van der Waals surface area contributed by atoms with E-state index in [0.717, 1.165) is 42.0 Å². The lowest BCUT2D eigenvalue weighted by molar-refractivity contribution is -0.277. The highest BCUT2D eigenvalue weighted by Gasteiger charge is 2.51. The maximum absolute atomic E-state index is 12.2. The van der Waals surface area contributed by atoms with E-state index in [2.05, 4.69) is 5.32 Å². The summed E-state index contributed by atoms with van der Waals surface area (Å²) in [5.74, 6) is -5.98. The Hall–Kier alpha value is -10.4. The van der Waals surface area contributed by atoms with Gasteiger partial charge >= 0.3 is 53.8 Å². The van der Waals surface area contributed by atoms with Crippen LogP contribution in [-0.2, 0) is 81.0 Å². The molecule has 4 heterocycles. The Morgan fingerprint density at radius 3 is 1.15 bits per heavy atom. The average Bonchev–Trinajstić information content (AvgIpc) is 0.809. The molecule has 0 saturated carbocycles. The molecule has 4 aliphatic rings. The Kier molecular flexibility index (Phi) is 43.6. The van der Waals surface area contributed by atoms with Gasteiger partial charge in [-0.1, -0.05) is 60.2 Å². The second kappa shape index (κ2) is 50.1. The van der Waals surface area contributed by atoms with Crippen LogP contribution in [0.1, 0.15) is 140 Å². The standard InChI is InChI=1S/C22H29NO10.C21H28O9.2C21H28O8.2CH4O/c1-11-10-12(6-5-9-31-20(29)22(2,3)4)7-8-13(11)23-21(30)33-19-16(26)14(24)15(25)17(32-19)18(27)28;1-11-10-13(8-7-12(11)6-5-9-28-20(27)21(2,3)4)29-19-16(24)14(22)15(23)17(30-19)18(25)26;1-12-7-8-16(13(10-12)6-5-9-27-20(26)21(2,3)4)28-19-15(23)11-14(22)17(29-19)18(24)25;1-12-7-8-13(6-5-9-27-20(26)21(2,3)4)16(10-12)28-19-15(23)11-14(22)17(29-19)18(24)25;2*1-2/h5-8,10,14-17,19,24-26H,9H2,1-4H3,(H,23,30)(H,27,28);5-8,10,14-17,19,22-24H,9H2,1-4H3,(H,25,26);2*5-8,10,14-15,17,19,22-23H,9,11H2,1-4H3,(H,24,25);2*2H,1H3/b4*6-5+;;/t14-,15-,16+,17-,19-;14-,15-,16+,17-,19+;2*14-,15+,17-,19?;;/m0000../s1. The summed E-state index contributed by atoms with van der Waals surface area (Å²) in [6.45, 7) is 28.9. The van der Waals surface area contributed by atoms with Gasteiger partial charge in [0, 0.05) is 43.9 Å². The fourth-order valence-electron chi connectivity index (χ4n) is 10.9. The number of aryl methyl sites for hydroxylation is 4. The summed E-state index contributed by atoms with van der Waals surface area (Å²) < 4.78 is 63.0. The SMILES string of the molecule is CO.CO.Cc1cc(/C=C/COC(=O)C(C)(C)C)ccc1NC(=O)O[C@@H]1O[C@H](C(=O)O)[C@@H](O)[C@H](O)[C@H]1O.Cc1cc(O[C@@H]2O[C@H](C(=O)O)[C@@H](O)[C@H](O)[C@H]2O)ccc1/C=C/COC(=O)C(C)(C)C.Cc1ccc(/C=C/COC(=O)C(C)(C)C)c(OC2O[C@H](C(=O)O)[C@@H](O)C[C@H]2O)c1.Cc1ccc(OC2O[C@H](C(=O)O)[C@@H](O)C[C@H]2O)c(/C=C/COC(=O)C(C)(C)C)c1. The minimum absolute atomic E-state index is 0.0826. The van der Waals surface area contributed by atoms with Crippen LogP contribution in [0.2, 0.25) is 0 Å². The number of amides is 1. The van der Waals surface area contributed by atoms with Crippen molar-refractivity contribution >= 4 is 83.8 Å². The van der Waals surface area contributed by atoms with Gasteiger partial charge in [-0.15, -0.1) is 0 Å². The van der Waals surface area contributed by atoms with Crippen LogP contribution in [0.25, 0.3) is 24.3 Å². The number of carbonyl (C=O) groups excluding carboxylic acids is 5. The predicted octanol–water partition coefficient (Wildman–Crippen LogP) is 4.92. The third-order valence-corrected chi connectivity index (χ3v) is 17.9. The third kappa shape index (κ3) is 34.8. The van der Waals surface area contributed by atoms with Crippen LogP contribution in [0.4, 0.5) is 10.5 Å². The molecule has 18 atom stereocenters. The summed E-state index contributed by atoms with van der Waals surface area (Å²) >= 11 is 0. The molecule has 8 rings (SSSR count). The number of carbonyl (C=O) groups is 9. The fourth-order valence-corrected chi connectivity index (χ4v) is 10.9. The highest BCUT2D eigenvalue weighted by molar-refractivity contribution is 5.86. The van der Waals surface area contributed by atoms with E-state index in [0.29, 0.717) is 33.9 Å². The zero-order valence-corrected chi connectivity index (χ0v) is 72.9. The number of rotatable bonds is 24. The van der Waals surface area contributed by atoms with Crippen molar-refractivity contribution in [3.8, 4) is 17.2 Å². The van der Waals surface area contributed by atoms with E-state index in [1.165, 1.54) is 0 Å². The molecule has 0 bridgehead atoms. The van der Waals surface area contributed by atoms with Gasteiger partial charge < -0.3 is 139 Å². The predicted molar refractivity (Wildman–Crippen MR) is 445 cm³/mol. The van der Waals surface area contributed by atoms with Crippen LogP contribution in [0.3, 0.4) is 0 Å². The molecule has 4 saturated heterocycles. The van der Waals surface area contributed by atoms with Crippen molar-refractivity contribution in [3.63, 3.8) is 0 Å². The van der Waals surface area contributed by atoms with E-state index in [-0.39, 0.29) is 68.9 Å². The Morgan fingerprint density at radius 2 is 0.736 bits per heavy atom. The second-order valence-corrected chi connectivity index (χ2v) is 32.8. The van der Waals surface area contributed by atoms with Crippen molar-refractivity contribution in [2.45, 2.75) is 234 Å². The summed E-state index contributed by atoms with van der Waals surface area (Å²) in [7, 11) is 2.00. The lowest BCUT2D eigenvalue weighted by Gasteiger charge is -2.38. The van der Waals surface area contributed by atoms with Crippen LogP contribution >= 0.6 is 0 Å². The molecule has 0 spiro atoms. The first-order valence-corrected chi connectivity index (χ1v) is 39.2. The van der Waals surface area contributed by atoms with E-state index in [1.54, 1.807) is 199 Å². The fraction of sp³-hybridized carbons (Fsp3) is 0.529. The van der Waals surface area contributed by atoms with Gasteiger partial charge in [0.2, 0.25) is 25.2 Å². The number of nitrogens with one attached hydrogen (secondary N) is 1. The summed E-state index contributed by atoms with van der Waals surface area (Å²) in [5.41, 5.74) is 4.22. The van der Waals surface area contributed by atoms with Gasteiger partial charge in [0.05, 0.1) is 33.9 Å². The maximum Gasteiger partial charge on any atom is 0.414 e. The van der Waals surface area contributed by atoms with E-state index in [1.807, 2.05) is 32.9 Å². The Balaban J connectivity index is 0.000000425. The Bertz CT molecular complexity index is 4320. The van der Waals surface area contributed by atoms with Crippen LogP contribution in [0, 0.1) is 49.4 Å². The first-order chi connectivity index (χ1) is 58.2. The van der Waals surface area contributed by atoms with Gasteiger partial charge in [0.15, 0.2) is 24.4 Å². The van der Waals surface area contributed by atoms with Gasteiger partial charge in [0.1, 0.15) is 92.5 Å². The van der Waals surface area contributed by atoms with Gasteiger partial charge in [-0.25, -0.2) is 24.0 Å². The molecule has 1 amide bonds. The molecule has 125 heavy (non-hydrogen) atoms. The van der Waals surface area contributed by atoms with E-state index >= 15 is 0 Å². The lowest BCUT2D eigenvalue weighted by atomic mass is 9.97. The van der Waals surface area contributed by atoms with E-state index in [4.69, 9.17) is 87.5 Å². The summed E-state index contributed by atoms with van der Waals surface area (Å²) in [6, 6.07) is 20.6. The molecule has 696 valence electrons. The first kappa shape index (κ1) is 109. The number of ether oxygens (including phenoxy) is 12. The third-order valence-electron chi connectivity index (χ3n) is 17.9. The Morgan fingerprint density at radius 1 is 0.368 bits per heavy atom. The van der Waals surface area contributed by atoms with E-state index < -0.39 is 162 Å². The number of carboxylic acid groups (broad SMARTS) is 4. The van der Waals surface area contributed by atoms with E-state index in [9.17, 15) is 94.2 Å². The minimum atomic E-state index is -1.89. The average molecular weight is 1770 g/mol. The monoisotopic (exact) mass is 1770 g/mol. The highest BCUT2D eigenvalue weighted by Crippen LogP contribution is 2.33. The van der Waals surface area contributed by atoms with Crippen LogP contribution in [0.15, 0.2) is 97.1 Å². The van der Waals surface area contributed by atoms with Gasteiger partial charge in [-0.2, -0.15) is 0 Å². The number of aliphatic hydroxyl groups excluding tert-OH is 12. The van der Waals surface area contributed by atoms with Gasteiger partial charge in [0.25, 0.3) is 0 Å². The van der Waals surface area contributed by atoms with Crippen molar-refractivity contribution < 1.29 is 182 Å². The number of benzene rings is 4. The molecule has 2 unspecified atom stereocenters. The second-order valence-electron chi connectivity index (χ2n) is 32.8. The number of aliphatic hydroxyl groups is 12. The molecule has 4 fully saturated rings. The maximum atomic E-state index is 12.2. The number of hydrogen-bond acceptors (Lipinski definition) is 33. The van der Waals surface area contributed by atoms with Gasteiger partial charge in [-0.05, 0) is 205 Å². The molecule has 17 N–H and O–H groups in total. The molecular formula is C87H121NO37. The summed E-state index contributed by atoms with van der Waals surface area (Å²) in [4.78, 5) is 104. The number of aliphatic carboxylic acids is 4. The summed E-state index contributed by atoms with van der Waals surface area (Å²) in [6.07, 6.45) is -15.9. The Labute approximate surface area is 723 Å². The molecule has 0 aromatic heterocycles. The molecular weight excluding hydrogens is 1650 g/mol. The van der Waals surface area contributed by atoms with Crippen LogP contribution in [0.5, 0.6) is 17.2 Å². The number of hydrogen-bond donors (Lipinski definition) is 17. The van der Waals surface area contributed by atoms with Crippen molar-refractivity contribution in [3.05, 3.63) is 142 Å². The number of anilines is 1. The number of esters is 4. The van der Waals surface area contributed by atoms with Gasteiger partial charge in [-0.3, -0.25) is 24.5 Å². The summed E-state index contributed by atoms with van der Waals surface area (Å²) in [5, 5.41) is 152. The van der Waals surface area contributed by atoms with Crippen molar-refractivity contribution in [2.24, 2.45) is 21.7 Å². The van der Waals surface area contributed by atoms with Crippen LogP contribution in [-0.4, -0.2) is 287 Å². The lowest BCUT2D eigenvalue weighted by Crippen LogP contribution is -2.61. The molecule has 0 radical (unpaired) electrons.